The molecular formula is C15H18N2O2S. The van der Waals surface area contributed by atoms with Gasteiger partial charge in [0, 0.05) is 18.9 Å². The lowest BCUT2D eigenvalue weighted by atomic mass is 10.1. The fourth-order valence-electron chi connectivity index (χ4n) is 1.85. The molecule has 0 aliphatic carbocycles. The van der Waals surface area contributed by atoms with Crippen molar-refractivity contribution in [2.75, 3.05) is 12.8 Å². The predicted molar refractivity (Wildman–Crippen MR) is 80.8 cm³/mol. The van der Waals surface area contributed by atoms with E-state index in [9.17, 15) is 4.79 Å². The lowest BCUT2D eigenvalue weighted by Gasteiger charge is -2.03. The number of carbonyl (C=O) groups is 1. The second kappa shape index (κ2) is 7.75. The van der Waals surface area contributed by atoms with Gasteiger partial charge in [0.25, 0.3) is 5.91 Å². The molecule has 2 aromatic rings. The van der Waals surface area contributed by atoms with Crippen molar-refractivity contribution in [1.82, 2.24) is 10.3 Å². The lowest BCUT2D eigenvalue weighted by molar-refractivity contribution is 0.0924. The molecule has 2 rings (SSSR count). The van der Waals surface area contributed by atoms with E-state index in [4.69, 9.17) is 4.42 Å². The second-order valence-corrected chi connectivity index (χ2v) is 5.28. The molecule has 0 fully saturated rings. The van der Waals surface area contributed by atoms with Crippen LogP contribution in [0.1, 0.15) is 28.3 Å². The zero-order valence-corrected chi connectivity index (χ0v) is 12.3. The Morgan fingerprint density at radius 3 is 2.85 bits per heavy atom. The Balaban J connectivity index is 1.72. The minimum absolute atomic E-state index is 0.146. The summed E-state index contributed by atoms with van der Waals surface area (Å²) < 4.78 is 5.46. The molecule has 0 saturated heterocycles. The summed E-state index contributed by atoms with van der Waals surface area (Å²) in [6, 6.07) is 7.55. The third-order valence-electron chi connectivity index (χ3n) is 2.85. The third kappa shape index (κ3) is 4.42. The number of hydrogen-bond acceptors (Lipinski definition) is 4. The molecule has 2 aromatic heterocycles. The molecule has 0 aliphatic heterocycles. The topological polar surface area (TPSA) is 55.1 Å². The van der Waals surface area contributed by atoms with Crippen LogP contribution in [0.4, 0.5) is 0 Å². The van der Waals surface area contributed by atoms with E-state index in [2.05, 4.69) is 10.3 Å². The lowest BCUT2D eigenvalue weighted by Crippen LogP contribution is -2.24. The molecular weight excluding hydrogens is 272 g/mol. The fourth-order valence-corrected chi connectivity index (χ4v) is 2.29. The van der Waals surface area contributed by atoms with Gasteiger partial charge in [-0.15, -0.1) is 0 Å². The summed E-state index contributed by atoms with van der Waals surface area (Å²) in [4.78, 5) is 15.8. The summed E-state index contributed by atoms with van der Waals surface area (Å²) in [5.74, 6) is 1.86. The Labute approximate surface area is 123 Å². The molecule has 0 aromatic carbocycles. The van der Waals surface area contributed by atoms with Crippen molar-refractivity contribution in [2.45, 2.75) is 18.6 Å². The average molecular weight is 290 g/mol. The fraction of sp³-hybridized carbons (Fsp3) is 0.333. The van der Waals surface area contributed by atoms with Crippen molar-refractivity contribution in [3.8, 4) is 0 Å². The Hall–Kier alpha value is -1.75. The van der Waals surface area contributed by atoms with Crippen LogP contribution in [-0.4, -0.2) is 23.7 Å². The first-order valence-electron chi connectivity index (χ1n) is 6.54. The standard InChI is InChI=1S/C15H18N2O2S/c1-20-11-13-4-5-14(19-13)15(18)17-8-2-3-12-6-9-16-10-7-12/h4-7,9-10H,2-3,8,11H2,1H3,(H,17,18). The van der Waals surface area contributed by atoms with Crippen LogP contribution >= 0.6 is 11.8 Å². The highest BCUT2D eigenvalue weighted by atomic mass is 32.2. The largest absolute Gasteiger partial charge is 0.455 e. The van der Waals surface area contributed by atoms with Gasteiger partial charge >= 0.3 is 0 Å². The number of pyridine rings is 1. The van der Waals surface area contributed by atoms with Gasteiger partial charge in [0.05, 0.1) is 5.75 Å². The average Bonchev–Trinajstić information content (AvgIpc) is 2.94. The van der Waals surface area contributed by atoms with Gasteiger partial charge in [-0.3, -0.25) is 9.78 Å². The summed E-state index contributed by atoms with van der Waals surface area (Å²) in [6.07, 6.45) is 7.39. The maximum absolute atomic E-state index is 11.9. The minimum Gasteiger partial charge on any atom is -0.455 e. The summed E-state index contributed by atoms with van der Waals surface area (Å²) >= 11 is 1.67. The summed E-state index contributed by atoms with van der Waals surface area (Å²) in [5.41, 5.74) is 1.23. The number of furan rings is 1. The number of carbonyl (C=O) groups excluding carboxylic acids is 1. The van der Waals surface area contributed by atoms with Gasteiger partial charge in [-0.25, -0.2) is 0 Å². The highest BCUT2D eigenvalue weighted by Crippen LogP contribution is 2.13. The Kier molecular flexibility index (Phi) is 5.68. The van der Waals surface area contributed by atoms with Gasteiger partial charge in [-0.1, -0.05) is 0 Å². The van der Waals surface area contributed by atoms with E-state index in [1.807, 2.05) is 24.5 Å². The van der Waals surface area contributed by atoms with Crippen LogP contribution in [0.5, 0.6) is 0 Å². The molecule has 2 heterocycles. The number of rotatable bonds is 7. The van der Waals surface area contributed by atoms with E-state index < -0.39 is 0 Å². The zero-order valence-electron chi connectivity index (χ0n) is 11.5. The number of thioether (sulfide) groups is 1. The predicted octanol–water partition coefficient (Wildman–Crippen LogP) is 2.90. The van der Waals surface area contributed by atoms with Crippen LogP contribution in [0, 0.1) is 0 Å². The van der Waals surface area contributed by atoms with Crippen LogP contribution in [0.3, 0.4) is 0 Å². The number of aromatic nitrogens is 1. The highest BCUT2D eigenvalue weighted by Gasteiger charge is 2.10. The zero-order chi connectivity index (χ0) is 14.2. The van der Waals surface area contributed by atoms with Gasteiger partial charge in [-0.05, 0) is 48.9 Å². The monoisotopic (exact) mass is 290 g/mol. The number of nitrogens with zero attached hydrogens (tertiary/aromatic N) is 1. The first-order chi connectivity index (χ1) is 9.79. The summed E-state index contributed by atoms with van der Waals surface area (Å²) in [6.45, 7) is 0.639. The Morgan fingerprint density at radius 1 is 1.30 bits per heavy atom. The van der Waals surface area contributed by atoms with E-state index in [1.165, 1.54) is 5.56 Å². The molecule has 20 heavy (non-hydrogen) atoms. The van der Waals surface area contributed by atoms with Crippen molar-refractivity contribution in [3.63, 3.8) is 0 Å². The normalized spacial score (nSPS) is 10.4. The van der Waals surface area contributed by atoms with E-state index in [1.54, 1.807) is 30.2 Å². The van der Waals surface area contributed by atoms with Gasteiger partial charge in [-0.2, -0.15) is 11.8 Å². The van der Waals surface area contributed by atoms with Crippen molar-refractivity contribution in [1.29, 1.82) is 0 Å². The molecule has 1 amide bonds. The molecule has 0 atom stereocenters. The molecule has 0 saturated carbocycles. The van der Waals surface area contributed by atoms with Crippen LogP contribution in [0.25, 0.3) is 0 Å². The van der Waals surface area contributed by atoms with Crippen LogP contribution < -0.4 is 5.32 Å². The summed E-state index contributed by atoms with van der Waals surface area (Å²) in [7, 11) is 0. The SMILES string of the molecule is CSCc1ccc(C(=O)NCCCc2ccncc2)o1. The van der Waals surface area contributed by atoms with Crippen molar-refractivity contribution >= 4 is 17.7 Å². The highest BCUT2D eigenvalue weighted by molar-refractivity contribution is 7.97. The van der Waals surface area contributed by atoms with E-state index in [0.717, 1.165) is 24.4 Å². The molecule has 106 valence electrons. The van der Waals surface area contributed by atoms with E-state index in [-0.39, 0.29) is 5.91 Å². The van der Waals surface area contributed by atoms with Gasteiger partial charge in [0.15, 0.2) is 5.76 Å². The van der Waals surface area contributed by atoms with Crippen molar-refractivity contribution < 1.29 is 9.21 Å². The molecule has 0 radical (unpaired) electrons. The van der Waals surface area contributed by atoms with Crippen LogP contribution in [0.2, 0.25) is 0 Å². The Bertz CT molecular complexity index is 540. The quantitative estimate of drug-likeness (QED) is 0.797. The Morgan fingerprint density at radius 2 is 2.10 bits per heavy atom. The van der Waals surface area contributed by atoms with Gasteiger partial charge < -0.3 is 9.73 Å². The number of nitrogens with one attached hydrogen (secondary N) is 1. The summed E-state index contributed by atoms with van der Waals surface area (Å²) in [5, 5.41) is 2.87. The van der Waals surface area contributed by atoms with Crippen LogP contribution in [0.15, 0.2) is 41.1 Å². The van der Waals surface area contributed by atoms with Crippen molar-refractivity contribution in [2.24, 2.45) is 0 Å². The minimum atomic E-state index is -0.146. The molecule has 5 heteroatoms. The first-order valence-corrected chi connectivity index (χ1v) is 7.93. The molecule has 0 spiro atoms. The molecule has 0 aliphatic rings. The van der Waals surface area contributed by atoms with E-state index in [0.29, 0.717) is 12.3 Å². The van der Waals surface area contributed by atoms with E-state index >= 15 is 0 Å². The second-order valence-electron chi connectivity index (χ2n) is 4.41. The van der Waals surface area contributed by atoms with Crippen LogP contribution in [-0.2, 0) is 12.2 Å². The van der Waals surface area contributed by atoms with Gasteiger partial charge in [0.1, 0.15) is 5.76 Å². The number of hydrogen-bond donors (Lipinski definition) is 1. The maximum atomic E-state index is 11.9. The third-order valence-corrected chi connectivity index (χ3v) is 3.42. The maximum Gasteiger partial charge on any atom is 0.286 e. The molecule has 0 unspecified atom stereocenters. The van der Waals surface area contributed by atoms with Gasteiger partial charge in [0.2, 0.25) is 0 Å². The molecule has 4 nitrogen and oxygen atoms in total. The first kappa shape index (κ1) is 14.7. The van der Waals surface area contributed by atoms with Crippen molar-refractivity contribution in [3.05, 3.63) is 53.7 Å². The molecule has 1 N–H and O–H groups in total. The number of amides is 1. The smallest absolute Gasteiger partial charge is 0.286 e. The number of aryl methyl sites for hydroxylation is 1. The molecule has 0 bridgehead atoms.